The maximum absolute atomic E-state index is 13.2. The van der Waals surface area contributed by atoms with Crippen molar-refractivity contribution in [2.75, 3.05) is 25.1 Å². The van der Waals surface area contributed by atoms with E-state index in [-0.39, 0.29) is 5.91 Å². The van der Waals surface area contributed by atoms with Gasteiger partial charge >= 0.3 is 0 Å². The Bertz CT molecular complexity index is 1140. The second-order valence-electron chi connectivity index (χ2n) is 7.46. The first kappa shape index (κ1) is 22.4. The molecule has 0 radical (unpaired) electrons. The zero-order valence-corrected chi connectivity index (χ0v) is 19.1. The van der Waals surface area contributed by atoms with Gasteiger partial charge in [-0.05, 0) is 62.2 Å². The summed E-state index contributed by atoms with van der Waals surface area (Å²) < 4.78 is 17.1. The van der Waals surface area contributed by atoms with Crippen molar-refractivity contribution in [3.8, 4) is 17.2 Å². The molecule has 1 aliphatic heterocycles. The third-order valence-electron chi connectivity index (χ3n) is 5.29. The van der Waals surface area contributed by atoms with Gasteiger partial charge in [0.2, 0.25) is 5.91 Å². The molecule has 0 saturated carbocycles. The van der Waals surface area contributed by atoms with Crippen molar-refractivity contribution in [3.63, 3.8) is 0 Å². The van der Waals surface area contributed by atoms with Crippen LogP contribution >= 0.6 is 0 Å². The van der Waals surface area contributed by atoms with E-state index < -0.39 is 5.92 Å². The van der Waals surface area contributed by atoms with Gasteiger partial charge in [0.05, 0.1) is 31.2 Å². The zero-order chi connectivity index (χ0) is 23.2. The molecule has 1 heterocycles. The van der Waals surface area contributed by atoms with E-state index in [1.54, 1.807) is 0 Å². The van der Waals surface area contributed by atoms with Crippen LogP contribution in [0.2, 0.25) is 0 Å². The molecule has 0 spiro atoms. The van der Waals surface area contributed by atoms with Crippen molar-refractivity contribution in [1.29, 1.82) is 0 Å². The van der Waals surface area contributed by atoms with Crippen molar-refractivity contribution in [2.24, 2.45) is 4.99 Å². The number of carbonyl (C=O) groups excluding carboxylic acids is 1. The first-order chi connectivity index (χ1) is 16.1. The lowest BCUT2D eigenvalue weighted by Gasteiger charge is -2.16. The number of anilines is 1. The molecular weight excluding hydrogens is 416 g/mol. The zero-order valence-electron chi connectivity index (χ0n) is 19.1. The van der Waals surface area contributed by atoms with Crippen molar-refractivity contribution in [2.45, 2.75) is 26.7 Å². The Balaban J connectivity index is 1.82. The average Bonchev–Trinajstić information content (AvgIpc) is 3.14. The van der Waals surface area contributed by atoms with Crippen LogP contribution < -0.4 is 19.5 Å². The minimum absolute atomic E-state index is 0.130. The second kappa shape index (κ2) is 10.2. The number of nitrogens with zero attached hydrogens (tertiary/aromatic N) is 1. The van der Waals surface area contributed by atoms with E-state index in [0.29, 0.717) is 42.7 Å². The van der Waals surface area contributed by atoms with Crippen LogP contribution in [0.5, 0.6) is 17.2 Å². The highest BCUT2D eigenvalue weighted by Crippen LogP contribution is 2.43. The lowest BCUT2D eigenvalue weighted by atomic mass is 9.90. The highest BCUT2D eigenvalue weighted by atomic mass is 16.5. The first-order valence-corrected chi connectivity index (χ1v) is 11.3. The molecular formula is C27H28N2O4. The standard InChI is InChI=1S/C27H28N2O4/c1-4-31-20-14-12-19(13-15-20)28-26(18-10-8-7-9-11-18)25-21-16-23(32-5-2)24(33-6-3)17-22(21)29-27(25)30/h7-17,25H,4-6H2,1-3H3,(H,29,30). The largest absolute Gasteiger partial charge is 0.494 e. The highest BCUT2D eigenvalue weighted by molar-refractivity contribution is 6.24. The number of nitrogens with one attached hydrogen (secondary N) is 1. The van der Waals surface area contributed by atoms with E-state index in [9.17, 15) is 4.79 Å². The van der Waals surface area contributed by atoms with Crippen LogP contribution in [0, 0.1) is 0 Å². The molecule has 170 valence electrons. The maximum atomic E-state index is 13.2. The van der Waals surface area contributed by atoms with Gasteiger partial charge in [0, 0.05) is 11.8 Å². The number of carbonyl (C=O) groups is 1. The Morgan fingerprint density at radius 3 is 2.12 bits per heavy atom. The summed E-state index contributed by atoms with van der Waals surface area (Å²) in [6.07, 6.45) is 0. The molecule has 3 aromatic carbocycles. The number of fused-ring (bicyclic) bond motifs is 1. The molecule has 6 nitrogen and oxygen atoms in total. The fourth-order valence-electron chi connectivity index (χ4n) is 3.90. The van der Waals surface area contributed by atoms with Gasteiger partial charge in [-0.3, -0.25) is 9.79 Å². The van der Waals surface area contributed by atoms with Gasteiger partial charge in [0.25, 0.3) is 0 Å². The third-order valence-corrected chi connectivity index (χ3v) is 5.29. The Kier molecular flexibility index (Phi) is 6.93. The van der Waals surface area contributed by atoms with Gasteiger partial charge in [0.15, 0.2) is 11.5 Å². The topological polar surface area (TPSA) is 69.2 Å². The lowest BCUT2D eigenvalue weighted by molar-refractivity contribution is -0.115. The minimum atomic E-state index is -0.580. The molecule has 1 atom stereocenters. The second-order valence-corrected chi connectivity index (χ2v) is 7.46. The molecule has 0 saturated heterocycles. The number of amides is 1. The molecule has 1 aliphatic rings. The summed E-state index contributed by atoms with van der Waals surface area (Å²) in [5, 5.41) is 3.00. The number of hydrogen-bond acceptors (Lipinski definition) is 5. The summed E-state index contributed by atoms with van der Waals surface area (Å²) in [7, 11) is 0. The normalized spacial score (nSPS) is 15.1. The van der Waals surface area contributed by atoms with Gasteiger partial charge in [-0.2, -0.15) is 0 Å². The number of benzene rings is 3. The SMILES string of the molecule is CCOc1ccc(N=C(c2ccccc2)C2C(=O)Nc3cc(OCC)c(OCC)cc32)cc1. The molecule has 0 fully saturated rings. The number of rotatable bonds is 9. The first-order valence-electron chi connectivity index (χ1n) is 11.3. The van der Waals surface area contributed by atoms with E-state index in [0.717, 1.165) is 22.6 Å². The predicted molar refractivity (Wildman–Crippen MR) is 130 cm³/mol. The van der Waals surface area contributed by atoms with E-state index in [1.807, 2.05) is 87.5 Å². The van der Waals surface area contributed by atoms with Gasteiger partial charge in [-0.25, -0.2) is 0 Å². The number of aliphatic imine (C=N–C) groups is 1. The van der Waals surface area contributed by atoms with E-state index in [1.165, 1.54) is 0 Å². The summed E-state index contributed by atoms with van der Waals surface area (Å²) in [4.78, 5) is 18.1. The fraction of sp³-hybridized carbons (Fsp3) is 0.259. The van der Waals surface area contributed by atoms with Crippen molar-refractivity contribution >= 4 is 23.0 Å². The summed E-state index contributed by atoms with van der Waals surface area (Å²) in [6, 6.07) is 21.1. The average molecular weight is 445 g/mol. The quantitative estimate of drug-likeness (QED) is 0.427. The molecule has 6 heteroatoms. The van der Waals surface area contributed by atoms with Crippen molar-refractivity contribution in [1.82, 2.24) is 0 Å². The molecule has 1 amide bonds. The summed E-state index contributed by atoms with van der Waals surface area (Å²) in [5.41, 5.74) is 3.83. The number of ether oxygens (including phenoxy) is 3. The van der Waals surface area contributed by atoms with Crippen LogP contribution in [0.3, 0.4) is 0 Å². The Labute approximate surface area is 194 Å². The Hall–Kier alpha value is -3.80. The van der Waals surface area contributed by atoms with E-state index in [2.05, 4.69) is 5.32 Å². The molecule has 0 aliphatic carbocycles. The summed E-state index contributed by atoms with van der Waals surface area (Å²) in [6.45, 7) is 7.39. The summed E-state index contributed by atoms with van der Waals surface area (Å²) >= 11 is 0. The van der Waals surface area contributed by atoms with Crippen LogP contribution in [-0.2, 0) is 4.79 Å². The maximum Gasteiger partial charge on any atom is 0.238 e. The minimum Gasteiger partial charge on any atom is -0.494 e. The lowest BCUT2D eigenvalue weighted by Crippen LogP contribution is -2.22. The number of hydrogen-bond donors (Lipinski definition) is 1. The van der Waals surface area contributed by atoms with Crippen molar-refractivity contribution in [3.05, 3.63) is 77.9 Å². The molecule has 3 aromatic rings. The monoisotopic (exact) mass is 444 g/mol. The highest BCUT2D eigenvalue weighted by Gasteiger charge is 2.36. The molecule has 33 heavy (non-hydrogen) atoms. The van der Waals surface area contributed by atoms with Crippen LogP contribution in [0.15, 0.2) is 71.7 Å². The fourth-order valence-corrected chi connectivity index (χ4v) is 3.90. The van der Waals surface area contributed by atoms with Gasteiger partial charge in [-0.1, -0.05) is 30.3 Å². The predicted octanol–water partition coefficient (Wildman–Crippen LogP) is 5.74. The van der Waals surface area contributed by atoms with Crippen LogP contribution in [0.25, 0.3) is 0 Å². The van der Waals surface area contributed by atoms with Gasteiger partial charge in [0.1, 0.15) is 11.7 Å². The van der Waals surface area contributed by atoms with Crippen LogP contribution in [0.1, 0.15) is 37.8 Å². The van der Waals surface area contributed by atoms with E-state index >= 15 is 0 Å². The molecule has 0 aromatic heterocycles. The summed E-state index contributed by atoms with van der Waals surface area (Å²) in [5.74, 6) is 1.31. The van der Waals surface area contributed by atoms with Crippen LogP contribution in [-0.4, -0.2) is 31.4 Å². The Morgan fingerprint density at radius 2 is 1.48 bits per heavy atom. The van der Waals surface area contributed by atoms with Gasteiger partial charge in [-0.15, -0.1) is 0 Å². The Morgan fingerprint density at radius 1 is 0.848 bits per heavy atom. The molecule has 4 rings (SSSR count). The third kappa shape index (κ3) is 4.85. The molecule has 1 N–H and O–H groups in total. The molecule has 0 bridgehead atoms. The van der Waals surface area contributed by atoms with E-state index in [4.69, 9.17) is 19.2 Å². The van der Waals surface area contributed by atoms with Crippen LogP contribution in [0.4, 0.5) is 11.4 Å². The van der Waals surface area contributed by atoms with Crippen molar-refractivity contribution < 1.29 is 19.0 Å². The smallest absolute Gasteiger partial charge is 0.238 e. The molecule has 1 unspecified atom stereocenters. The van der Waals surface area contributed by atoms with Gasteiger partial charge < -0.3 is 19.5 Å².